The van der Waals surface area contributed by atoms with Crippen molar-refractivity contribution >= 4 is 5.91 Å². The van der Waals surface area contributed by atoms with Crippen molar-refractivity contribution in [3.05, 3.63) is 0 Å². The predicted octanol–water partition coefficient (Wildman–Crippen LogP) is 0.529. The van der Waals surface area contributed by atoms with Crippen molar-refractivity contribution in [2.45, 2.75) is 26.2 Å². The van der Waals surface area contributed by atoms with Crippen molar-refractivity contribution < 1.29 is 9.53 Å². The van der Waals surface area contributed by atoms with E-state index in [0.717, 1.165) is 39.0 Å². The topological polar surface area (TPSA) is 50.4 Å². The summed E-state index contributed by atoms with van der Waals surface area (Å²) < 4.78 is 4.89. The number of hydrogen-bond acceptors (Lipinski definition) is 3. The molecule has 0 bridgehead atoms. The standard InChI is InChI=1S/C10H22N2O2/c1-3-4-7-12-10(13)9-11-6-5-8-14-2/h11H,3-9H2,1-2H3,(H,12,13). The van der Waals surface area contributed by atoms with E-state index in [1.165, 1.54) is 0 Å². The molecule has 84 valence electrons. The fraction of sp³-hybridized carbons (Fsp3) is 0.900. The van der Waals surface area contributed by atoms with Crippen LogP contribution in [0.3, 0.4) is 0 Å². The van der Waals surface area contributed by atoms with Crippen LogP contribution in [0, 0.1) is 0 Å². The second kappa shape index (κ2) is 10.5. The van der Waals surface area contributed by atoms with Crippen molar-refractivity contribution in [1.29, 1.82) is 0 Å². The molecule has 0 aromatic rings. The van der Waals surface area contributed by atoms with Gasteiger partial charge in [-0.25, -0.2) is 0 Å². The lowest BCUT2D eigenvalue weighted by Crippen LogP contribution is -2.34. The van der Waals surface area contributed by atoms with Gasteiger partial charge in [-0.15, -0.1) is 0 Å². The molecule has 0 rings (SSSR count). The molecule has 0 spiro atoms. The number of nitrogens with one attached hydrogen (secondary N) is 2. The van der Waals surface area contributed by atoms with Gasteiger partial charge in [0.05, 0.1) is 6.54 Å². The van der Waals surface area contributed by atoms with Gasteiger partial charge in [0.1, 0.15) is 0 Å². The number of methoxy groups -OCH3 is 1. The fourth-order valence-electron chi connectivity index (χ4n) is 1.01. The smallest absolute Gasteiger partial charge is 0.233 e. The largest absolute Gasteiger partial charge is 0.385 e. The summed E-state index contributed by atoms with van der Waals surface area (Å²) in [7, 11) is 1.68. The van der Waals surface area contributed by atoms with Gasteiger partial charge in [0, 0.05) is 20.3 Å². The second-order valence-corrected chi connectivity index (χ2v) is 3.23. The predicted molar refractivity (Wildman–Crippen MR) is 57.3 cm³/mol. The molecule has 0 saturated carbocycles. The van der Waals surface area contributed by atoms with Crippen LogP contribution in [0.2, 0.25) is 0 Å². The zero-order chi connectivity index (χ0) is 10.6. The first-order valence-corrected chi connectivity index (χ1v) is 5.27. The molecule has 2 N–H and O–H groups in total. The number of amides is 1. The molecule has 0 atom stereocenters. The third-order valence-electron chi connectivity index (χ3n) is 1.84. The average Bonchev–Trinajstić information content (AvgIpc) is 2.18. The highest BCUT2D eigenvalue weighted by Gasteiger charge is 1.97. The molecule has 0 aromatic carbocycles. The quantitative estimate of drug-likeness (QED) is 0.536. The van der Waals surface area contributed by atoms with E-state index in [1.54, 1.807) is 7.11 Å². The number of carbonyl (C=O) groups is 1. The number of ether oxygens (including phenoxy) is 1. The molecule has 4 heteroatoms. The number of unbranched alkanes of at least 4 members (excludes halogenated alkanes) is 1. The van der Waals surface area contributed by atoms with Crippen LogP contribution in [0.25, 0.3) is 0 Å². The van der Waals surface area contributed by atoms with Gasteiger partial charge >= 0.3 is 0 Å². The monoisotopic (exact) mass is 202 g/mol. The highest BCUT2D eigenvalue weighted by molar-refractivity contribution is 5.77. The fourth-order valence-corrected chi connectivity index (χ4v) is 1.01. The molecule has 0 aliphatic heterocycles. The first-order valence-electron chi connectivity index (χ1n) is 5.27. The minimum Gasteiger partial charge on any atom is -0.385 e. The number of hydrogen-bond donors (Lipinski definition) is 2. The van der Waals surface area contributed by atoms with Gasteiger partial charge in [-0.05, 0) is 19.4 Å². The Hall–Kier alpha value is -0.610. The van der Waals surface area contributed by atoms with Crippen molar-refractivity contribution in [1.82, 2.24) is 10.6 Å². The van der Waals surface area contributed by atoms with E-state index in [9.17, 15) is 4.79 Å². The zero-order valence-electron chi connectivity index (χ0n) is 9.27. The van der Waals surface area contributed by atoms with Crippen LogP contribution in [-0.2, 0) is 9.53 Å². The molecule has 0 saturated heterocycles. The van der Waals surface area contributed by atoms with Gasteiger partial charge in [0.15, 0.2) is 0 Å². The van der Waals surface area contributed by atoms with Gasteiger partial charge in [-0.3, -0.25) is 4.79 Å². The summed E-state index contributed by atoms with van der Waals surface area (Å²) in [6.45, 7) is 4.87. The van der Waals surface area contributed by atoms with Crippen molar-refractivity contribution in [3.8, 4) is 0 Å². The lowest BCUT2D eigenvalue weighted by molar-refractivity contribution is -0.120. The minimum absolute atomic E-state index is 0.0795. The first-order chi connectivity index (χ1) is 6.81. The summed E-state index contributed by atoms with van der Waals surface area (Å²) in [5.41, 5.74) is 0. The molecule has 0 unspecified atom stereocenters. The Labute approximate surface area is 86.4 Å². The summed E-state index contributed by atoms with van der Waals surface area (Å²) >= 11 is 0. The highest BCUT2D eigenvalue weighted by Crippen LogP contribution is 1.82. The van der Waals surface area contributed by atoms with E-state index in [4.69, 9.17) is 4.74 Å². The van der Waals surface area contributed by atoms with Gasteiger partial charge in [-0.2, -0.15) is 0 Å². The van der Waals surface area contributed by atoms with Crippen LogP contribution < -0.4 is 10.6 Å². The average molecular weight is 202 g/mol. The Bertz CT molecular complexity index is 140. The molecule has 14 heavy (non-hydrogen) atoms. The molecular formula is C10H22N2O2. The van der Waals surface area contributed by atoms with Crippen LogP contribution in [0.15, 0.2) is 0 Å². The Kier molecular flexibility index (Phi) is 10.0. The molecule has 4 nitrogen and oxygen atoms in total. The maximum Gasteiger partial charge on any atom is 0.233 e. The molecule has 0 aliphatic rings. The van der Waals surface area contributed by atoms with Crippen LogP contribution in [0.4, 0.5) is 0 Å². The molecule has 0 fully saturated rings. The van der Waals surface area contributed by atoms with Crippen LogP contribution >= 0.6 is 0 Å². The lowest BCUT2D eigenvalue weighted by atomic mass is 10.3. The van der Waals surface area contributed by atoms with Gasteiger partial charge in [-0.1, -0.05) is 13.3 Å². The zero-order valence-corrected chi connectivity index (χ0v) is 9.27. The van der Waals surface area contributed by atoms with Crippen molar-refractivity contribution in [2.24, 2.45) is 0 Å². The Morgan fingerprint density at radius 2 is 2.07 bits per heavy atom. The minimum atomic E-state index is 0.0795. The first kappa shape index (κ1) is 13.4. The van der Waals surface area contributed by atoms with Crippen LogP contribution in [0.1, 0.15) is 26.2 Å². The summed E-state index contributed by atoms with van der Waals surface area (Å²) in [4.78, 5) is 11.1. The summed E-state index contributed by atoms with van der Waals surface area (Å²) in [6, 6.07) is 0. The van der Waals surface area contributed by atoms with Gasteiger partial charge < -0.3 is 15.4 Å². The Balaban J connectivity index is 3.10. The third kappa shape index (κ3) is 9.48. The molecule has 0 heterocycles. The van der Waals surface area contributed by atoms with Crippen molar-refractivity contribution in [2.75, 3.05) is 33.4 Å². The Morgan fingerprint density at radius 3 is 2.71 bits per heavy atom. The maximum absolute atomic E-state index is 11.1. The maximum atomic E-state index is 11.1. The van der Waals surface area contributed by atoms with E-state index < -0.39 is 0 Å². The van der Waals surface area contributed by atoms with E-state index in [1.807, 2.05) is 0 Å². The molecular weight excluding hydrogens is 180 g/mol. The van der Waals surface area contributed by atoms with E-state index >= 15 is 0 Å². The normalized spacial score (nSPS) is 10.1. The molecule has 1 amide bonds. The van der Waals surface area contributed by atoms with Crippen LogP contribution in [-0.4, -0.2) is 39.3 Å². The van der Waals surface area contributed by atoms with E-state index in [-0.39, 0.29) is 5.91 Å². The number of rotatable bonds is 9. The van der Waals surface area contributed by atoms with E-state index in [0.29, 0.717) is 6.54 Å². The molecule has 0 aliphatic carbocycles. The van der Waals surface area contributed by atoms with Gasteiger partial charge in [0.25, 0.3) is 0 Å². The van der Waals surface area contributed by atoms with Crippen molar-refractivity contribution in [3.63, 3.8) is 0 Å². The summed E-state index contributed by atoms with van der Waals surface area (Å²) in [6.07, 6.45) is 3.11. The second-order valence-electron chi connectivity index (χ2n) is 3.23. The SMILES string of the molecule is CCCCNC(=O)CNCCCOC. The van der Waals surface area contributed by atoms with Crippen LogP contribution in [0.5, 0.6) is 0 Å². The highest BCUT2D eigenvalue weighted by atomic mass is 16.5. The van der Waals surface area contributed by atoms with Gasteiger partial charge in [0.2, 0.25) is 5.91 Å². The number of carbonyl (C=O) groups excluding carboxylic acids is 1. The lowest BCUT2D eigenvalue weighted by Gasteiger charge is -2.05. The molecule has 0 aromatic heterocycles. The van der Waals surface area contributed by atoms with E-state index in [2.05, 4.69) is 17.6 Å². The summed E-state index contributed by atoms with van der Waals surface area (Å²) in [5, 5.41) is 5.90. The third-order valence-corrected chi connectivity index (χ3v) is 1.84. The summed E-state index contributed by atoms with van der Waals surface area (Å²) in [5.74, 6) is 0.0795. The molecule has 0 radical (unpaired) electrons. The Morgan fingerprint density at radius 1 is 1.29 bits per heavy atom.